The highest BCUT2D eigenvalue weighted by molar-refractivity contribution is 5.94. The van der Waals surface area contributed by atoms with E-state index in [1.807, 2.05) is 39.0 Å². The first-order valence-corrected chi connectivity index (χ1v) is 7.42. The summed E-state index contributed by atoms with van der Waals surface area (Å²) in [6.07, 6.45) is 0.483. The van der Waals surface area contributed by atoms with E-state index in [1.54, 1.807) is 6.92 Å². The quantitative estimate of drug-likeness (QED) is 0.677. The van der Waals surface area contributed by atoms with Crippen molar-refractivity contribution in [1.82, 2.24) is 9.78 Å². The molecule has 0 aliphatic carbocycles. The molecule has 1 amide bonds. The molecular weight excluding hydrogens is 296 g/mol. The molecule has 1 heterocycles. The van der Waals surface area contributed by atoms with E-state index in [0.717, 1.165) is 16.8 Å². The Morgan fingerprint density at radius 3 is 2.61 bits per heavy atom. The number of hydrogen-bond donors (Lipinski definition) is 1. The highest BCUT2D eigenvalue weighted by Crippen LogP contribution is 2.22. The molecule has 2 rings (SSSR count). The van der Waals surface area contributed by atoms with Crippen LogP contribution in [-0.2, 0) is 4.79 Å². The highest BCUT2D eigenvalue weighted by Gasteiger charge is 2.27. The fourth-order valence-electron chi connectivity index (χ4n) is 2.43. The Morgan fingerprint density at radius 2 is 2.04 bits per heavy atom. The van der Waals surface area contributed by atoms with Gasteiger partial charge in [-0.3, -0.25) is 4.79 Å². The number of amides is 1. The Balaban J connectivity index is 2.28. The van der Waals surface area contributed by atoms with Crippen LogP contribution in [0.15, 0.2) is 24.3 Å². The molecule has 2 aromatic rings. The lowest BCUT2D eigenvalue weighted by atomic mass is 10.1. The predicted molar refractivity (Wildman–Crippen MR) is 87.5 cm³/mol. The van der Waals surface area contributed by atoms with Crippen LogP contribution in [0.1, 0.15) is 36.2 Å². The normalized spacial score (nSPS) is 12.0. The monoisotopic (exact) mass is 316 g/mol. The van der Waals surface area contributed by atoms with Crippen molar-refractivity contribution in [2.24, 2.45) is 0 Å². The van der Waals surface area contributed by atoms with E-state index in [-0.39, 0.29) is 11.7 Å². The summed E-state index contributed by atoms with van der Waals surface area (Å²) in [7, 11) is 0. The van der Waals surface area contributed by atoms with Crippen LogP contribution in [0.4, 0.5) is 11.5 Å². The zero-order valence-corrected chi connectivity index (χ0v) is 13.7. The lowest BCUT2D eigenvalue weighted by Crippen LogP contribution is -2.27. The number of aryl methyl sites for hydroxylation is 3. The molecular formula is C16H20N4O3. The summed E-state index contributed by atoms with van der Waals surface area (Å²) in [5.74, 6) is -0.484. The molecule has 0 fully saturated rings. The molecule has 122 valence electrons. The number of nitro groups is 1. The van der Waals surface area contributed by atoms with Crippen LogP contribution >= 0.6 is 0 Å². The van der Waals surface area contributed by atoms with E-state index in [4.69, 9.17) is 0 Å². The van der Waals surface area contributed by atoms with Crippen molar-refractivity contribution in [2.45, 2.75) is 40.2 Å². The van der Waals surface area contributed by atoms with Crippen LogP contribution < -0.4 is 5.32 Å². The Morgan fingerprint density at radius 1 is 1.35 bits per heavy atom. The Labute approximate surface area is 134 Å². The molecule has 23 heavy (non-hydrogen) atoms. The molecule has 0 radical (unpaired) electrons. The average Bonchev–Trinajstić information content (AvgIpc) is 2.86. The Bertz CT molecular complexity index is 752. The van der Waals surface area contributed by atoms with Gasteiger partial charge < -0.3 is 15.4 Å². The van der Waals surface area contributed by atoms with Gasteiger partial charge in [0, 0.05) is 5.69 Å². The lowest BCUT2D eigenvalue weighted by molar-refractivity contribution is -0.389. The van der Waals surface area contributed by atoms with Gasteiger partial charge in [-0.25, -0.2) is 0 Å². The van der Waals surface area contributed by atoms with Crippen LogP contribution in [0.25, 0.3) is 0 Å². The molecule has 0 aliphatic rings. The first-order valence-electron chi connectivity index (χ1n) is 7.42. The van der Waals surface area contributed by atoms with E-state index in [9.17, 15) is 14.9 Å². The smallest absolute Gasteiger partial charge is 0.358 e. The second-order valence-corrected chi connectivity index (χ2v) is 5.58. The predicted octanol–water partition coefficient (Wildman–Crippen LogP) is 3.31. The lowest BCUT2D eigenvalue weighted by Gasteiger charge is -2.16. The average molecular weight is 316 g/mol. The Kier molecular flexibility index (Phi) is 4.78. The largest absolute Gasteiger partial charge is 0.390 e. The van der Waals surface area contributed by atoms with Gasteiger partial charge >= 0.3 is 5.82 Å². The van der Waals surface area contributed by atoms with Gasteiger partial charge in [-0.15, -0.1) is 0 Å². The second kappa shape index (κ2) is 6.60. The van der Waals surface area contributed by atoms with Crippen LogP contribution in [0.2, 0.25) is 0 Å². The maximum atomic E-state index is 12.6. The summed E-state index contributed by atoms with van der Waals surface area (Å²) in [6.45, 7) is 7.42. The number of rotatable bonds is 5. The van der Waals surface area contributed by atoms with Crippen LogP contribution in [0.3, 0.4) is 0 Å². The molecule has 1 N–H and O–H groups in total. The molecule has 0 aliphatic heterocycles. The summed E-state index contributed by atoms with van der Waals surface area (Å²) in [5.41, 5.74) is 3.33. The second-order valence-electron chi connectivity index (χ2n) is 5.58. The van der Waals surface area contributed by atoms with Gasteiger partial charge in [-0.1, -0.05) is 19.1 Å². The third kappa shape index (κ3) is 3.56. The van der Waals surface area contributed by atoms with Gasteiger partial charge in [0.15, 0.2) is 6.04 Å². The minimum absolute atomic E-state index is 0.234. The maximum absolute atomic E-state index is 12.6. The Hall–Kier alpha value is -2.70. The summed E-state index contributed by atoms with van der Waals surface area (Å²) in [4.78, 5) is 22.9. The van der Waals surface area contributed by atoms with Gasteiger partial charge in [0.1, 0.15) is 0 Å². The first-order chi connectivity index (χ1) is 10.8. The number of nitrogens with one attached hydrogen (secondary N) is 1. The van der Waals surface area contributed by atoms with E-state index < -0.39 is 11.0 Å². The zero-order valence-electron chi connectivity index (χ0n) is 13.7. The maximum Gasteiger partial charge on any atom is 0.390 e. The highest BCUT2D eigenvalue weighted by atomic mass is 16.6. The van der Waals surface area contributed by atoms with Crippen molar-refractivity contribution in [2.75, 3.05) is 5.32 Å². The van der Waals surface area contributed by atoms with Gasteiger partial charge in [0.2, 0.25) is 0 Å². The number of anilines is 1. The number of benzene rings is 1. The van der Waals surface area contributed by atoms with Crippen molar-refractivity contribution < 1.29 is 9.72 Å². The molecule has 1 atom stereocenters. The van der Waals surface area contributed by atoms with Crippen molar-refractivity contribution in [3.63, 3.8) is 0 Å². The standard InChI is InChI=1S/C16H20N4O3/c1-5-14(19-12(4)9-15(18-19)20(22)23)16(21)17-13-8-10(2)6-7-11(13)3/h6-9,14H,5H2,1-4H3,(H,17,21). The molecule has 1 aromatic heterocycles. The molecule has 0 saturated carbocycles. The number of hydrogen-bond acceptors (Lipinski definition) is 4. The third-order valence-corrected chi connectivity index (χ3v) is 3.73. The third-order valence-electron chi connectivity index (χ3n) is 3.73. The number of aromatic nitrogens is 2. The molecule has 0 bridgehead atoms. The first kappa shape index (κ1) is 16.7. The van der Waals surface area contributed by atoms with E-state index in [2.05, 4.69) is 10.4 Å². The topological polar surface area (TPSA) is 90.1 Å². The molecule has 7 heteroatoms. The van der Waals surface area contributed by atoms with Crippen LogP contribution in [-0.4, -0.2) is 20.6 Å². The zero-order chi connectivity index (χ0) is 17.1. The van der Waals surface area contributed by atoms with Gasteiger partial charge in [-0.05, 0) is 49.3 Å². The summed E-state index contributed by atoms with van der Waals surface area (Å²) < 4.78 is 1.42. The van der Waals surface area contributed by atoms with Crippen LogP contribution in [0, 0.1) is 30.9 Å². The number of carbonyl (C=O) groups excluding carboxylic acids is 1. The number of carbonyl (C=O) groups is 1. The molecule has 0 spiro atoms. The van der Waals surface area contributed by atoms with E-state index >= 15 is 0 Å². The molecule has 1 aromatic carbocycles. The fourth-order valence-corrected chi connectivity index (χ4v) is 2.43. The van der Waals surface area contributed by atoms with Crippen molar-refractivity contribution in [1.29, 1.82) is 0 Å². The van der Waals surface area contributed by atoms with Crippen LogP contribution in [0.5, 0.6) is 0 Å². The summed E-state index contributed by atoms with van der Waals surface area (Å²) in [6, 6.07) is 6.59. The minimum atomic E-state index is -0.594. The van der Waals surface area contributed by atoms with Crippen molar-refractivity contribution in [3.8, 4) is 0 Å². The minimum Gasteiger partial charge on any atom is -0.358 e. The molecule has 0 saturated heterocycles. The van der Waals surface area contributed by atoms with E-state index in [1.165, 1.54) is 10.7 Å². The summed E-state index contributed by atoms with van der Waals surface area (Å²) in [5, 5.41) is 17.7. The summed E-state index contributed by atoms with van der Waals surface area (Å²) >= 11 is 0. The van der Waals surface area contributed by atoms with Gasteiger partial charge in [-0.2, -0.15) is 4.68 Å². The molecule has 7 nitrogen and oxygen atoms in total. The number of nitrogens with zero attached hydrogens (tertiary/aromatic N) is 3. The fraction of sp³-hybridized carbons (Fsp3) is 0.375. The van der Waals surface area contributed by atoms with Gasteiger partial charge in [0.25, 0.3) is 5.91 Å². The van der Waals surface area contributed by atoms with Crippen molar-refractivity contribution in [3.05, 3.63) is 51.2 Å². The van der Waals surface area contributed by atoms with Gasteiger partial charge in [0.05, 0.1) is 16.9 Å². The SMILES string of the molecule is CCC(C(=O)Nc1cc(C)ccc1C)n1nc([N+](=O)[O-])cc1C. The van der Waals surface area contributed by atoms with E-state index in [0.29, 0.717) is 12.1 Å². The van der Waals surface area contributed by atoms with Crippen molar-refractivity contribution >= 4 is 17.4 Å². The molecule has 1 unspecified atom stereocenters.